The summed E-state index contributed by atoms with van der Waals surface area (Å²) < 4.78 is 4.95. The highest BCUT2D eigenvalue weighted by atomic mass is 16.5. The summed E-state index contributed by atoms with van der Waals surface area (Å²) in [6.07, 6.45) is 5.80. The van der Waals surface area contributed by atoms with Crippen molar-refractivity contribution in [2.75, 3.05) is 27.3 Å². The predicted octanol–water partition coefficient (Wildman–Crippen LogP) is 0.836. The lowest BCUT2D eigenvalue weighted by atomic mass is 10.1. The van der Waals surface area contributed by atoms with Crippen LogP contribution in [-0.2, 0) is 16.0 Å². The van der Waals surface area contributed by atoms with Gasteiger partial charge in [0.25, 0.3) is 0 Å². The highest BCUT2D eigenvalue weighted by molar-refractivity contribution is 5.81. The third-order valence-corrected chi connectivity index (χ3v) is 3.04. The van der Waals surface area contributed by atoms with Crippen LogP contribution in [0.2, 0.25) is 0 Å². The van der Waals surface area contributed by atoms with E-state index in [0.717, 1.165) is 12.8 Å². The summed E-state index contributed by atoms with van der Waals surface area (Å²) in [6.45, 7) is 1.31. The molecule has 2 N–H and O–H groups in total. The third-order valence-electron chi connectivity index (χ3n) is 3.04. The molecular weight excluding hydrogens is 242 g/mol. The van der Waals surface area contributed by atoms with E-state index >= 15 is 0 Å². The molecule has 0 aliphatic rings. The maximum Gasteiger partial charge on any atom is 0.239 e. The number of hydrogen-bond acceptors (Lipinski definition) is 4. The van der Waals surface area contributed by atoms with Gasteiger partial charge >= 0.3 is 0 Å². The van der Waals surface area contributed by atoms with Gasteiger partial charge in [-0.25, -0.2) is 0 Å². The molecule has 0 saturated heterocycles. The maximum absolute atomic E-state index is 12.0. The van der Waals surface area contributed by atoms with Crippen LogP contribution < -0.4 is 5.73 Å². The van der Waals surface area contributed by atoms with Crippen molar-refractivity contribution in [2.24, 2.45) is 5.73 Å². The fourth-order valence-corrected chi connectivity index (χ4v) is 1.81. The first-order valence-electron chi connectivity index (χ1n) is 6.53. The summed E-state index contributed by atoms with van der Waals surface area (Å²) in [6, 6.07) is 3.48. The van der Waals surface area contributed by atoms with Crippen molar-refractivity contribution in [1.82, 2.24) is 9.88 Å². The molecule has 1 atom stereocenters. The highest BCUT2D eigenvalue weighted by Gasteiger charge is 2.17. The zero-order valence-corrected chi connectivity index (χ0v) is 11.7. The minimum Gasteiger partial charge on any atom is -0.385 e. The Bertz CT molecular complexity index is 370. The van der Waals surface area contributed by atoms with Gasteiger partial charge in [-0.15, -0.1) is 0 Å². The predicted molar refractivity (Wildman–Crippen MR) is 74.7 cm³/mol. The average Bonchev–Trinajstić information content (AvgIpc) is 2.45. The number of nitrogens with zero attached hydrogens (tertiary/aromatic N) is 2. The van der Waals surface area contributed by atoms with Gasteiger partial charge in [-0.2, -0.15) is 0 Å². The molecule has 1 unspecified atom stereocenters. The molecule has 0 aromatic carbocycles. The summed E-state index contributed by atoms with van der Waals surface area (Å²) >= 11 is 0. The summed E-state index contributed by atoms with van der Waals surface area (Å²) in [5.74, 6) is -0.00911. The summed E-state index contributed by atoms with van der Waals surface area (Å²) in [5, 5.41) is 0. The molecule has 1 aromatic heterocycles. The number of likely N-dealkylation sites (N-methyl/N-ethyl adjacent to an activating group) is 1. The molecule has 5 nitrogen and oxygen atoms in total. The van der Waals surface area contributed by atoms with Crippen molar-refractivity contribution >= 4 is 5.91 Å². The van der Waals surface area contributed by atoms with Crippen LogP contribution in [0.15, 0.2) is 24.5 Å². The monoisotopic (exact) mass is 265 g/mol. The fraction of sp³-hybridized carbons (Fsp3) is 0.571. The van der Waals surface area contributed by atoms with Gasteiger partial charge in [0.1, 0.15) is 0 Å². The topological polar surface area (TPSA) is 68.5 Å². The Balaban J connectivity index is 2.31. The number of nitrogens with two attached hydrogens (primary N) is 1. The average molecular weight is 265 g/mol. The van der Waals surface area contributed by atoms with E-state index in [0.29, 0.717) is 19.6 Å². The summed E-state index contributed by atoms with van der Waals surface area (Å²) in [4.78, 5) is 17.7. The van der Waals surface area contributed by atoms with Crippen LogP contribution in [0.4, 0.5) is 0 Å². The SMILES string of the molecule is COCCCC(N)C(=O)N(C)CCc1ccncc1. The standard InChI is InChI=1S/C14H23N3O2/c1-17(10-7-12-5-8-16-9-6-12)14(18)13(15)4-3-11-19-2/h5-6,8-9,13H,3-4,7,10-11,15H2,1-2H3. The van der Waals surface area contributed by atoms with E-state index in [2.05, 4.69) is 4.98 Å². The van der Waals surface area contributed by atoms with Crippen molar-refractivity contribution in [3.8, 4) is 0 Å². The number of carbonyl (C=O) groups excluding carboxylic acids is 1. The van der Waals surface area contributed by atoms with Crippen molar-refractivity contribution in [3.63, 3.8) is 0 Å². The normalized spacial score (nSPS) is 12.2. The Kier molecular flexibility index (Phi) is 7.07. The Morgan fingerprint density at radius 1 is 1.47 bits per heavy atom. The summed E-state index contributed by atoms with van der Waals surface area (Å²) in [5.41, 5.74) is 7.04. The molecule has 0 saturated carbocycles. The zero-order chi connectivity index (χ0) is 14.1. The quantitative estimate of drug-likeness (QED) is 0.707. The van der Waals surface area contributed by atoms with Gasteiger partial charge in [-0.1, -0.05) is 0 Å². The Hall–Kier alpha value is -1.46. The molecule has 0 aliphatic heterocycles. The number of rotatable bonds is 8. The van der Waals surface area contributed by atoms with Gasteiger partial charge in [0, 0.05) is 39.7 Å². The van der Waals surface area contributed by atoms with E-state index in [4.69, 9.17) is 10.5 Å². The smallest absolute Gasteiger partial charge is 0.239 e. The first kappa shape index (κ1) is 15.6. The molecule has 0 fully saturated rings. The van der Waals surface area contributed by atoms with Crippen LogP contribution >= 0.6 is 0 Å². The molecule has 1 aromatic rings. The molecule has 1 amide bonds. The van der Waals surface area contributed by atoms with E-state index < -0.39 is 6.04 Å². The number of ether oxygens (including phenoxy) is 1. The molecule has 106 valence electrons. The van der Waals surface area contributed by atoms with Crippen LogP contribution in [0.3, 0.4) is 0 Å². The molecule has 1 rings (SSSR count). The van der Waals surface area contributed by atoms with E-state index in [-0.39, 0.29) is 5.91 Å². The Morgan fingerprint density at radius 2 is 2.16 bits per heavy atom. The van der Waals surface area contributed by atoms with E-state index in [1.54, 1.807) is 31.5 Å². The van der Waals surface area contributed by atoms with Gasteiger partial charge in [0.2, 0.25) is 5.91 Å². The lowest BCUT2D eigenvalue weighted by Gasteiger charge is -2.21. The Morgan fingerprint density at radius 3 is 2.79 bits per heavy atom. The molecule has 19 heavy (non-hydrogen) atoms. The minimum atomic E-state index is -0.433. The largest absolute Gasteiger partial charge is 0.385 e. The fourth-order valence-electron chi connectivity index (χ4n) is 1.81. The van der Waals surface area contributed by atoms with Crippen molar-refractivity contribution in [3.05, 3.63) is 30.1 Å². The molecule has 0 spiro atoms. The van der Waals surface area contributed by atoms with Gasteiger partial charge in [0.05, 0.1) is 6.04 Å². The number of pyridine rings is 1. The lowest BCUT2D eigenvalue weighted by Crippen LogP contribution is -2.42. The first-order chi connectivity index (χ1) is 9.15. The number of aromatic nitrogens is 1. The van der Waals surface area contributed by atoms with Crippen LogP contribution in [0.5, 0.6) is 0 Å². The van der Waals surface area contributed by atoms with E-state index in [9.17, 15) is 4.79 Å². The van der Waals surface area contributed by atoms with Crippen LogP contribution in [0.25, 0.3) is 0 Å². The van der Waals surface area contributed by atoms with Crippen LogP contribution in [0.1, 0.15) is 18.4 Å². The van der Waals surface area contributed by atoms with Crippen molar-refractivity contribution in [2.45, 2.75) is 25.3 Å². The van der Waals surface area contributed by atoms with Gasteiger partial charge in [0.15, 0.2) is 0 Å². The number of carbonyl (C=O) groups is 1. The Labute approximate surface area is 114 Å². The summed E-state index contributed by atoms with van der Waals surface area (Å²) in [7, 11) is 3.44. The second-order valence-corrected chi connectivity index (χ2v) is 4.61. The van der Waals surface area contributed by atoms with Gasteiger partial charge in [-0.3, -0.25) is 9.78 Å². The van der Waals surface area contributed by atoms with Crippen molar-refractivity contribution < 1.29 is 9.53 Å². The molecule has 0 radical (unpaired) electrons. The second-order valence-electron chi connectivity index (χ2n) is 4.61. The van der Waals surface area contributed by atoms with Crippen molar-refractivity contribution in [1.29, 1.82) is 0 Å². The first-order valence-corrected chi connectivity index (χ1v) is 6.53. The maximum atomic E-state index is 12.0. The molecule has 0 aliphatic carbocycles. The van der Waals surface area contributed by atoms with Crippen LogP contribution in [-0.4, -0.2) is 49.1 Å². The minimum absolute atomic E-state index is 0.00911. The zero-order valence-electron chi connectivity index (χ0n) is 11.7. The molecule has 5 heteroatoms. The molecular formula is C14H23N3O2. The number of methoxy groups -OCH3 is 1. The van der Waals surface area contributed by atoms with E-state index in [1.165, 1.54) is 5.56 Å². The van der Waals surface area contributed by atoms with Gasteiger partial charge < -0.3 is 15.4 Å². The number of hydrogen-bond donors (Lipinski definition) is 1. The third kappa shape index (κ3) is 5.81. The van der Waals surface area contributed by atoms with E-state index in [1.807, 2.05) is 12.1 Å². The molecule has 0 bridgehead atoms. The second kappa shape index (κ2) is 8.61. The lowest BCUT2D eigenvalue weighted by molar-refractivity contribution is -0.131. The van der Waals surface area contributed by atoms with Crippen LogP contribution in [0, 0.1) is 0 Å². The molecule has 1 heterocycles. The number of amides is 1. The highest BCUT2D eigenvalue weighted by Crippen LogP contribution is 2.02. The van der Waals surface area contributed by atoms with Gasteiger partial charge in [-0.05, 0) is 37.0 Å².